The summed E-state index contributed by atoms with van der Waals surface area (Å²) in [6.07, 6.45) is 1.43. The summed E-state index contributed by atoms with van der Waals surface area (Å²) in [7, 11) is 1.82. The van der Waals surface area contributed by atoms with Crippen LogP contribution in [-0.2, 0) is 12.6 Å². The molecular weight excluding hydrogens is 256 g/mol. The molecule has 2 heterocycles. The molecular formula is C13H20N6O. The summed E-state index contributed by atoms with van der Waals surface area (Å²) in [6.45, 7) is 9.67. The Labute approximate surface area is 118 Å². The molecule has 7 heteroatoms. The second kappa shape index (κ2) is 4.73. The second-order valence-corrected chi connectivity index (χ2v) is 5.79. The van der Waals surface area contributed by atoms with Gasteiger partial charge in [-0.2, -0.15) is 15.2 Å². The molecule has 108 valence electrons. The monoisotopic (exact) mass is 276 g/mol. The molecule has 0 aliphatic carbocycles. The molecule has 0 aromatic carbocycles. The van der Waals surface area contributed by atoms with E-state index in [1.54, 1.807) is 9.36 Å². The van der Waals surface area contributed by atoms with Gasteiger partial charge in [0.2, 0.25) is 5.95 Å². The smallest absolute Gasteiger partial charge is 0.261 e. The number of hydrogen-bond acceptors (Lipinski definition) is 4. The number of aromatic nitrogens is 5. The molecule has 0 saturated heterocycles. The summed E-state index contributed by atoms with van der Waals surface area (Å²) >= 11 is 0. The van der Waals surface area contributed by atoms with E-state index in [4.69, 9.17) is 0 Å². The maximum absolute atomic E-state index is 12.4. The third kappa shape index (κ3) is 2.43. The molecule has 0 fully saturated rings. The van der Waals surface area contributed by atoms with Gasteiger partial charge < -0.3 is 0 Å². The first-order valence-corrected chi connectivity index (χ1v) is 6.44. The van der Waals surface area contributed by atoms with Gasteiger partial charge in [-0.25, -0.2) is 4.68 Å². The zero-order valence-corrected chi connectivity index (χ0v) is 12.7. The van der Waals surface area contributed by atoms with Crippen LogP contribution in [0.15, 0.2) is 6.33 Å². The van der Waals surface area contributed by atoms with E-state index in [1.165, 1.54) is 6.33 Å². The minimum absolute atomic E-state index is 0.216. The van der Waals surface area contributed by atoms with Gasteiger partial charge in [0.15, 0.2) is 0 Å². The van der Waals surface area contributed by atoms with Gasteiger partial charge in [0, 0.05) is 12.7 Å². The Kier molecular flexibility index (Phi) is 3.37. The molecule has 0 saturated carbocycles. The highest BCUT2D eigenvalue weighted by atomic mass is 16.2. The summed E-state index contributed by atoms with van der Waals surface area (Å²) < 4.78 is 3.38. The van der Waals surface area contributed by atoms with E-state index in [9.17, 15) is 4.79 Å². The Morgan fingerprint density at radius 2 is 1.95 bits per heavy atom. The minimum atomic E-state index is -0.252. The summed E-state index contributed by atoms with van der Waals surface area (Å²) in [5.41, 5.74) is 1.85. The highest BCUT2D eigenvalue weighted by molar-refractivity contribution is 6.05. The first kappa shape index (κ1) is 14.2. The second-order valence-electron chi connectivity index (χ2n) is 5.79. The summed E-state index contributed by atoms with van der Waals surface area (Å²) in [4.78, 5) is 16.5. The summed E-state index contributed by atoms with van der Waals surface area (Å²) in [5, 5.41) is 11.2. The normalized spacial score (nSPS) is 11.7. The van der Waals surface area contributed by atoms with Crippen molar-refractivity contribution < 1.29 is 4.79 Å². The van der Waals surface area contributed by atoms with Gasteiger partial charge in [-0.15, -0.1) is 0 Å². The molecule has 2 aromatic heterocycles. The van der Waals surface area contributed by atoms with E-state index in [2.05, 4.69) is 20.5 Å². The summed E-state index contributed by atoms with van der Waals surface area (Å²) in [6, 6.07) is 0. The summed E-state index contributed by atoms with van der Waals surface area (Å²) in [5.74, 6) is 0.219. The average molecular weight is 276 g/mol. The molecule has 0 atom stereocenters. The molecule has 0 aliphatic rings. The van der Waals surface area contributed by atoms with Gasteiger partial charge in [0.05, 0.1) is 16.8 Å². The first-order valence-electron chi connectivity index (χ1n) is 6.44. The fourth-order valence-electron chi connectivity index (χ4n) is 2.08. The van der Waals surface area contributed by atoms with Crippen LogP contribution in [0, 0.1) is 13.8 Å². The van der Waals surface area contributed by atoms with Crippen LogP contribution in [0.1, 0.15) is 42.5 Å². The lowest BCUT2D eigenvalue weighted by Crippen LogP contribution is -2.27. The number of hydrogen-bond donors (Lipinski definition) is 1. The Morgan fingerprint density at radius 3 is 2.45 bits per heavy atom. The van der Waals surface area contributed by atoms with Gasteiger partial charge in [-0.1, -0.05) is 0 Å². The molecule has 2 aromatic rings. The number of carbonyl (C=O) groups is 1. The third-order valence-corrected chi connectivity index (χ3v) is 3.14. The lowest BCUT2D eigenvalue weighted by atomic mass is 10.1. The number of amides is 1. The van der Waals surface area contributed by atoms with Crippen LogP contribution in [0.5, 0.6) is 0 Å². The zero-order chi connectivity index (χ0) is 15.1. The van der Waals surface area contributed by atoms with E-state index in [0.29, 0.717) is 17.2 Å². The zero-order valence-electron chi connectivity index (χ0n) is 12.7. The number of aryl methyl sites for hydroxylation is 2. The highest BCUT2D eigenvalue weighted by Gasteiger charge is 2.23. The van der Waals surface area contributed by atoms with Crippen molar-refractivity contribution in [3.63, 3.8) is 0 Å². The average Bonchev–Trinajstić information content (AvgIpc) is 2.84. The maximum Gasteiger partial charge on any atom is 0.261 e. The molecule has 0 unspecified atom stereocenters. The van der Waals surface area contributed by atoms with Crippen LogP contribution in [0.2, 0.25) is 0 Å². The van der Waals surface area contributed by atoms with E-state index in [0.717, 1.165) is 5.69 Å². The van der Waals surface area contributed by atoms with Crippen LogP contribution in [0.4, 0.5) is 5.95 Å². The van der Waals surface area contributed by atoms with E-state index < -0.39 is 0 Å². The van der Waals surface area contributed by atoms with Gasteiger partial charge in [0.1, 0.15) is 6.33 Å². The van der Waals surface area contributed by atoms with Gasteiger partial charge in [-0.3, -0.25) is 14.8 Å². The van der Waals surface area contributed by atoms with Crippen molar-refractivity contribution >= 4 is 11.9 Å². The minimum Gasteiger partial charge on any atom is -0.290 e. The number of nitrogens with zero attached hydrogens (tertiary/aromatic N) is 5. The first-order chi connectivity index (χ1) is 9.21. The van der Waals surface area contributed by atoms with Crippen LogP contribution >= 0.6 is 0 Å². The van der Waals surface area contributed by atoms with Crippen molar-refractivity contribution in [2.24, 2.45) is 7.05 Å². The number of carbonyl (C=O) groups excluding carboxylic acids is 1. The van der Waals surface area contributed by atoms with Gasteiger partial charge in [0.25, 0.3) is 5.91 Å². The molecule has 7 nitrogen and oxygen atoms in total. The van der Waals surface area contributed by atoms with Crippen LogP contribution in [0.3, 0.4) is 0 Å². The predicted octanol–water partition coefficient (Wildman–Crippen LogP) is 1.64. The standard InChI is InChI=1S/C13H20N6O/c1-8-10(9(2)18(6)17-8)11(20)16-12-14-7-15-19(12)13(3,4)5/h7H,1-6H3,(H,14,15,16,20). The lowest BCUT2D eigenvalue weighted by Gasteiger charge is -2.21. The van der Waals surface area contributed by atoms with Gasteiger partial charge in [-0.05, 0) is 34.6 Å². The van der Waals surface area contributed by atoms with Crippen molar-refractivity contribution in [3.8, 4) is 0 Å². The Bertz CT molecular complexity index is 646. The molecule has 1 N–H and O–H groups in total. The SMILES string of the molecule is Cc1nn(C)c(C)c1C(=O)Nc1ncnn1C(C)(C)C. The maximum atomic E-state index is 12.4. The van der Waals surface area contributed by atoms with Crippen molar-refractivity contribution in [2.45, 2.75) is 40.2 Å². The largest absolute Gasteiger partial charge is 0.290 e. The predicted molar refractivity (Wildman–Crippen MR) is 75.7 cm³/mol. The quantitative estimate of drug-likeness (QED) is 0.904. The third-order valence-electron chi connectivity index (χ3n) is 3.14. The van der Waals surface area contributed by atoms with Crippen LogP contribution in [-0.4, -0.2) is 30.5 Å². The number of nitrogens with one attached hydrogen (secondary N) is 1. The van der Waals surface area contributed by atoms with Crippen molar-refractivity contribution in [1.82, 2.24) is 24.5 Å². The molecule has 1 amide bonds. The lowest BCUT2D eigenvalue weighted by molar-refractivity contribution is 0.102. The fourth-order valence-corrected chi connectivity index (χ4v) is 2.08. The van der Waals surface area contributed by atoms with Crippen molar-refractivity contribution in [3.05, 3.63) is 23.3 Å². The van der Waals surface area contributed by atoms with E-state index in [-0.39, 0.29) is 11.4 Å². The van der Waals surface area contributed by atoms with Crippen LogP contribution in [0.25, 0.3) is 0 Å². The Morgan fingerprint density at radius 1 is 1.30 bits per heavy atom. The Hall–Kier alpha value is -2.18. The molecule has 2 rings (SSSR count). The van der Waals surface area contributed by atoms with Gasteiger partial charge >= 0.3 is 0 Å². The topological polar surface area (TPSA) is 77.6 Å². The molecule has 20 heavy (non-hydrogen) atoms. The number of rotatable bonds is 2. The highest BCUT2D eigenvalue weighted by Crippen LogP contribution is 2.19. The fraction of sp³-hybridized carbons (Fsp3) is 0.538. The molecule has 0 radical (unpaired) electrons. The molecule has 0 bridgehead atoms. The molecule has 0 aliphatic heterocycles. The van der Waals surface area contributed by atoms with Crippen molar-refractivity contribution in [2.75, 3.05) is 5.32 Å². The van der Waals surface area contributed by atoms with E-state index in [1.807, 2.05) is 41.7 Å². The molecule has 0 spiro atoms. The number of anilines is 1. The van der Waals surface area contributed by atoms with Crippen LogP contribution < -0.4 is 5.32 Å². The van der Waals surface area contributed by atoms with E-state index >= 15 is 0 Å². The Balaban J connectivity index is 2.32. The van der Waals surface area contributed by atoms with Crippen molar-refractivity contribution in [1.29, 1.82) is 0 Å².